The second-order valence-electron chi connectivity index (χ2n) is 6.80. The summed E-state index contributed by atoms with van der Waals surface area (Å²) in [5, 5.41) is 21.1. The fourth-order valence-corrected chi connectivity index (χ4v) is 2.81. The first-order valence-corrected chi connectivity index (χ1v) is 7.68. The van der Waals surface area contributed by atoms with E-state index in [1.165, 1.54) is 6.42 Å². The average molecular weight is 300 g/mol. The van der Waals surface area contributed by atoms with Crippen LogP contribution in [0.5, 0.6) is 0 Å². The molecule has 0 aromatic carbocycles. The molecule has 3 N–H and O–H groups in total. The van der Waals surface area contributed by atoms with Crippen molar-refractivity contribution in [3.63, 3.8) is 0 Å². The molecule has 0 bridgehead atoms. The van der Waals surface area contributed by atoms with Crippen LogP contribution in [0.2, 0.25) is 0 Å². The van der Waals surface area contributed by atoms with Crippen molar-refractivity contribution in [3.8, 4) is 0 Å². The minimum absolute atomic E-state index is 0.0975. The number of carboxylic acid groups (broad SMARTS) is 1. The number of aliphatic carboxylic acids is 1. The van der Waals surface area contributed by atoms with Crippen LogP contribution < -0.4 is 5.32 Å². The highest BCUT2D eigenvalue weighted by molar-refractivity contribution is 5.83. The Hall–Kier alpha value is -1.30. The summed E-state index contributed by atoms with van der Waals surface area (Å²) in [4.78, 5) is 25.4. The predicted molar refractivity (Wildman–Crippen MR) is 80.1 cm³/mol. The quantitative estimate of drug-likeness (QED) is 0.722. The van der Waals surface area contributed by atoms with Crippen molar-refractivity contribution in [3.05, 3.63) is 0 Å². The maximum Gasteiger partial charge on any atom is 0.326 e. The Morgan fingerprint density at radius 3 is 2.24 bits per heavy atom. The molecule has 0 saturated heterocycles. The second-order valence-corrected chi connectivity index (χ2v) is 6.80. The number of aliphatic hydroxyl groups excluding tert-OH is 1. The van der Waals surface area contributed by atoms with Crippen LogP contribution in [0.1, 0.15) is 52.9 Å². The number of nitrogens with one attached hydrogen (secondary N) is 1. The minimum Gasteiger partial charge on any atom is -0.480 e. The zero-order valence-corrected chi connectivity index (χ0v) is 13.3. The number of hydrogen-bond donors (Lipinski definition) is 3. The number of carbonyl (C=O) groups is 2. The molecular weight excluding hydrogens is 272 g/mol. The van der Waals surface area contributed by atoms with Gasteiger partial charge in [0, 0.05) is 12.6 Å². The largest absolute Gasteiger partial charge is 0.480 e. The van der Waals surface area contributed by atoms with Gasteiger partial charge in [-0.15, -0.1) is 0 Å². The molecule has 1 atom stereocenters. The molecule has 0 unspecified atom stereocenters. The Balaban J connectivity index is 2.77. The van der Waals surface area contributed by atoms with E-state index in [-0.39, 0.29) is 19.2 Å². The van der Waals surface area contributed by atoms with E-state index in [9.17, 15) is 19.8 Å². The van der Waals surface area contributed by atoms with Crippen molar-refractivity contribution < 1.29 is 19.8 Å². The Bertz CT molecular complexity index is 359. The molecule has 6 heteroatoms. The van der Waals surface area contributed by atoms with Gasteiger partial charge in [0.15, 0.2) is 0 Å². The van der Waals surface area contributed by atoms with Crippen molar-refractivity contribution in [1.29, 1.82) is 0 Å². The zero-order valence-electron chi connectivity index (χ0n) is 13.3. The number of urea groups is 1. The number of rotatable bonds is 5. The number of aliphatic hydroxyl groups is 1. The lowest BCUT2D eigenvalue weighted by Gasteiger charge is -2.36. The van der Waals surface area contributed by atoms with Gasteiger partial charge in [-0.05, 0) is 18.3 Å². The standard InChI is InChI=1S/C15H28N2O4/c1-15(2,3)12(13(19)20)16-14(21)17(9-10-18)11-7-5-4-6-8-11/h11-12,18H,4-10H2,1-3H3,(H,16,21)(H,19,20)/t12-/m1/s1. The lowest BCUT2D eigenvalue weighted by atomic mass is 9.87. The Morgan fingerprint density at radius 1 is 1.24 bits per heavy atom. The van der Waals surface area contributed by atoms with E-state index in [2.05, 4.69) is 5.32 Å². The molecule has 6 nitrogen and oxygen atoms in total. The molecule has 0 spiro atoms. The average Bonchev–Trinajstić information content (AvgIpc) is 2.41. The first-order valence-electron chi connectivity index (χ1n) is 7.68. The van der Waals surface area contributed by atoms with Crippen LogP contribution >= 0.6 is 0 Å². The molecule has 1 aliphatic rings. The maximum absolute atomic E-state index is 12.4. The first-order chi connectivity index (χ1) is 9.77. The molecule has 1 saturated carbocycles. The molecule has 0 heterocycles. The van der Waals surface area contributed by atoms with Crippen molar-refractivity contribution >= 4 is 12.0 Å². The molecule has 1 fully saturated rings. The smallest absolute Gasteiger partial charge is 0.326 e. The van der Waals surface area contributed by atoms with Gasteiger partial charge in [-0.3, -0.25) is 0 Å². The molecule has 0 aromatic heterocycles. The molecule has 0 aromatic rings. The highest BCUT2D eigenvalue weighted by Gasteiger charge is 2.35. The lowest BCUT2D eigenvalue weighted by Crippen LogP contribution is -2.56. The van der Waals surface area contributed by atoms with Crippen molar-refractivity contribution in [1.82, 2.24) is 10.2 Å². The molecule has 0 aliphatic heterocycles. The van der Waals surface area contributed by atoms with Gasteiger partial charge in [0.25, 0.3) is 0 Å². The monoisotopic (exact) mass is 300 g/mol. The van der Waals surface area contributed by atoms with Gasteiger partial charge in [0.05, 0.1) is 6.61 Å². The summed E-state index contributed by atoms with van der Waals surface area (Å²) in [6.45, 7) is 5.47. The summed E-state index contributed by atoms with van der Waals surface area (Å²) >= 11 is 0. The first kappa shape index (κ1) is 17.8. The van der Waals surface area contributed by atoms with Crippen LogP contribution in [0.4, 0.5) is 4.79 Å². The van der Waals surface area contributed by atoms with Crippen LogP contribution in [0.25, 0.3) is 0 Å². The molecule has 21 heavy (non-hydrogen) atoms. The van der Waals surface area contributed by atoms with E-state index in [1.807, 2.05) is 0 Å². The normalized spacial score (nSPS) is 18.1. The molecule has 2 amide bonds. The van der Waals surface area contributed by atoms with Gasteiger partial charge in [-0.2, -0.15) is 0 Å². The minimum atomic E-state index is -1.04. The van der Waals surface area contributed by atoms with Gasteiger partial charge < -0.3 is 20.4 Å². The Labute approximate surface area is 126 Å². The van der Waals surface area contributed by atoms with E-state index in [0.29, 0.717) is 0 Å². The highest BCUT2D eigenvalue weighted by Crippen LogP contribution is 2.24. The topological polar surface area (TPSA) is 89.9 Å². The van der Waals surface area contributed by atoms with Gasteiger partial charge in [-0.1, -0.05) is 40.0 Å². The van der Waals surface area contributed by atoms with Crippen molar-refractivity contribution in [2.75, 3.05) is 13.2 Å². The molecular formula is C15H28N2O4. The van der Waals surface area contributed by atoms with Crippen molar-refractivity contribution in [2.45, 2.75) is 65.0 Å². The number of nitrogens with zero attached hydrogens (tertiary/aromatic N) is 1. The summed E-state index contributed by atoms with van der Waals surface area (Å²) in [6, 6.07) is -1.24. The zero-order chi connectivity index (χ0) is 16.0. The van der Waals surface area contributed by atoms with E-state index in [4.69, 9.17) is 0 Å². The summed E-state index contributed by atoms with van der Waals surface area (Å²) < 4.78 is 0. The van der Waals surface area contributed by atoms with Gasteiger partial charge in [-0.25, -0.2) is 9.59 Å². The highest BCUT2D eigenvalue weighted by atomic mass is 16.4. The third kappa shape index (κ3) is 5.19. The number of hydrogen-bond acceptors (Lipinski definition) is 3. The Morgan fingerprint density at radius 2 is 1.81 bits per heavy atom. The number of carboxylic acids is 1. The van der Waals surface area contributed by atoms with E-state index in [1.54, 1.807) is 25.7 Å². The summed E-state index contributed by atoms with van der Waals surface area (Å²) in [5.74, 6) is -1.04. The summed E-state index contributed by atoms with van der Waals surface area (Å²) in [5.41, 5.74) is -0.570. The lowest BCUT2D eigenvalue weighted by molar-refractivity contribution is -0.142. The van der Waals surface area contributed by atoms with E-state index >= 15 is 0 Å². The molecule has 0 radical (unpaired) electrons. The van der Waals surface area contributed by atoms with Crippen LogP contribution in [0.15, 0.2) is 0 Å². The van der Waals surface area contributed by atoms with Crippen LogP contribution in [0, 0.1) is 5.41 Å². The third-order valence-corrected chi connectivity index (χ3v) is 4.00. The molecule has 122 valence electrons. The summed E-state index contributed by atoms with van der Waals surface area (Å²) in [6.07, 6.45) is 5.15. The van der Waals surface area contributed by atoms with E-state index < -0.39 is 23.5 Å². The fraction of sp³-hybridized carbons (Fsp3) is 0.867. The van der Waals surface area contributed by atoms with Gasteiger partial charge in [0.1, 0.15) is 6.04 Å². The number of amides is 2. The maximum atomic E-state index is 12.4. The fourth-order valence-electron chi connectivity index (χ4n) is 2.81. The summed E-state index contributed by atoms with van der Waals surface area (Å²) in [7, 11) is 0. The van der Waals surface area contributed by atoms with Crippen molar-refractivity contribution in [2.24, 2.45) is 5.41 Å². The van der Waals surface area contributed by atoms with Crippen LogP contribution in [0.3, 0.4) is 0 Å². The predicted octanol–water partition coefficient (Wildman–Crippen LogP) is 1.82. The van der Waals surface area contributed by atoms with Gasteiger partial charge >= 0.3 is 12.0 Å². The van der Waals surface area contributed by atoms with Gasteiger partial charge in [0.2, 0.25) is 0 Å². The number of carbonyl (C=O) groups excluding carboxylic acids is 1. The SMILES string of the molecule is CC(C)(C)[C@H](NC(=O)N(CCO)C1CCCCC1)C(=O)O. The third-order valence-electron chi connectivity index (χ3n) is 4.00. The Kier molecular flexibility index (Phi) is 6.45. The second kappa shape index (κ2) is 7.64. The molecule has 1 aliphatic carbocycles. The van der Waals surface area contributed by atoms with Crippen LogP contribution in [-0.4, -0.2) is 52.3 Å². The van der Waals surface area contributed by atoms with E-state index in [0.717, 1.165) is 25.7 Å². The molecule has 1 rings (SSSR count). The van der Waals surface area contributed by atoms with Crippen LogP contribution in [-0.2, 0) is 4.79 Å².